The number of hydrogen-bond acceptors (Lipinski definition) is 3. The number of likely N-dealkylation sites (tertiary alicyclic amines) is 1. The van der Waals surface area contributed by atoms with Crippen LogP contribution in [0.25, 0.3) is 0 Å². The molecule has 4 nitrogen and oxygen atoms in total. The van der Waals surface area contributed by atoms with Crippen LogP contribution in [0.15, 0.2) is 16.5 Å². The molecule has 4 heteroatoms. The topological polar surface area (TPSA) is 50.5 Å². The van der Waals surface area contributed by atoms with Crippen LogP contribution in [0.1, 0.15) is 49.4 Å². The van der Waals surface area contributed by atoms with Crippen LogP contribution >= 0.6 is 0 Å². The normalized spacial score (nSPS) is 19.2. The summed E-state index contributed by atoms with van der Waals surface area (Å²) in [6.07, 6.45) is 3.11. The fourth-order valence-electron chi connectivity index (χ4n) is 2.47. The van der Waals surface area contributed by atoms with Crippen LogP contribution in [0.2, 0.25) is 0 Å². The van der Waals surface area contributed by atoms with E-state index in [1.54, 1.807) is 17.9 Å². The Bertz CT molecular complexity index is 450. The first-order chi connectivity index (χ1) is 8.61. The van der Waals surface area contributed by atoms with Gasteiger partial charge in [-0.05, 0) is 31.9 Å². The highest BCUT2D eigenvalue weighted by Crippen LogP contribution is 2.23. The second-order valence-electron chi connectivity index (χ2n) is 4.82. The van der Waals surface area contributed by atoms with Crippen LogP contribution in [0.5, 0.6) is 0 Å². The summed E-state index contributed by atoms with van der Waals surface area (Å²) in [5.74, 6) is 1.26. The smallest absolute Gasteiger partial charge is 0.289 e. The zero-order valence-electron chi connectivity index (χ0n) is 10.9. The molecule has 0 aromatic carbocycles. The van der Waals surface area contributed by atoms with Crippen LogP contribution in [0.4, 0.5) is 0 Å². The average Bonchev–Trinajstić information content (AvgIpc) is 2.95. The number of hydrogen-bond donors (Lipinski definition) is 0. The zero-order chi connectivity index (χ0) is 13.1. The summed E-state index contributed by atoms with van der Waals surface area (Å²) in [6, 6.07) is 3.61. The van der Waals surface area contributed by atoms with E-state index in [0.717, 1.165) is 31.6 Å². The second-order valence-corrected chi connectivity index (χ2v) is 4.82. The number of carbonyl (C=O) groups excluding carboxylic acids is 2. The summed E-state index contributed by atoms with van der Waals surface area (Å²) >= 11 is 0. The number of amides is 1. The Hall–Kier alpha value is -1.58. The lowest BCUT2D eigenvalue weighted by Crippen LogP contribution is -2.36. The Morgan fingerprint density at radius 1 is 1.44 bits per heavy atom. The Labute approximate surface area is 107 Å². The standard InChI is InChI=1S/C14H19NO3/c1-3-12-6-7-13(18-12)14(17)15-8-4-5-11(15)9-10(2)16/h6-7,11H,3-5,8-9H2,1-2H3. The summed E-state index contributed by atoms with van der Waals surface area (Å²) in [6.45, 7) is 4.28. The minimum atomic E-state index is -0.0848. The van der Waals surface area contributed by atoms with E-state index in [1.807, 2.05) is 13.0 Å². The fraction of sp³-hybridized carbons (Fsp3) is 0.571. The number of aryl methyl sites for hydroxylation is 1. The maximum atomic E-state index is 12.3. The SMILES string of the molecule is CCc1ccc(C(=O)N2CCCC2CC(C)=O)o1. The molecule has 0 aliphatic carbocycles. The van der Waals surface area contributed by atoms with Crippen molar-refractivity contribution in [1.82, 2.24) is 4.90 Å². The van der Waals surface area contributed by atoms with E-state index in [2.05, 4.69) is 0 Å². The van der Waals surface area contributed by atoms with Crippen molar-refractivity contribution in [3.63, 3.8) is 0 Å². The molecule has 0 radical (unpaired) electrons. The van der Waals surface area contributed by atoms with Crippen molar-refractivity contribution in [1.29, 1.82) is 0 Å². The van der Waals surface area contributed by atoms with Gasteiger partial charge in [0.2, 0.25) is 0 Å². The highest BCUT2D eigenvalue weighted by molar-refractivity contribution is 5.92. The summed E-state index contributed by atoms with van der Waals surface area (Å²) in [7, 11) is 0. The van der Waals surface area contributed by atoms with Gasteiger partial charge in [-0.1, -0.05) is 6.92 Å². The number of Topliss-reactive ketones (excluding diaryl/α,β-unsaturated/α-hetero) is 1. The van der Waals surface area contributed by atoms with Crippen molar-refractivity contribution in [2.45, 2.75) is 45.6 Å². The summed E-state index contributed by atoms with van der Waals surface area (Å²) in [5, 5.41) is 0. The highest BCUT2D eigenvalue weighted by atomic mass is 16.4. The van der Waals surface area contributed by atoms with Crippen molar-refractivity contribution in [3.05, 3.63) is 23.7 Å². The molecule has 1 saturated heterocycles. The van der Waals surface area contributed by atoms with Gasteiger partial charge in [0, 0.05) is 25.4 Å². The lowest BCUT2D eigenvalue weighted by molar-refractivity contribution is -0.117. The maximum Gasteiger partial charge on any atom is 0.289 e. The first-order valence-electron chi connectivity index (χ1n) is 6.51. The molecule has 0 spiro atoms. The van der Waals surface area contributed by atoms with E-state index in [-0.39, 0.29) is 17.7 Å². The Morgan fingerprint density at radius 3 is 2.83 bits per heavy atom. The third-order valence-electron chi connectivity index (χ3n) is 3.38. The average molecular weight is 249 g/mol. The fourth-order valence-corrected chi connectivity index (χ4v) is 2.47. The largest absolute Gasteiger partial charge is 0.456 e. The van der Waals surface area contributed by atoms with Gasteiger partial charge in [0.05, 0.1) is 0 Å². The van der Waals surface area contributed by atoms with Gasteiger partial charge in [-0.25, -0.2) is 0 Å². The molecule has 0 saturated carbocycles. The molecule has 2 heterocycles. The van der Waals surface area contributed by atoms with E-state index >= 15 is 0 Å². The molecule has 1 aromatic rings. The Morgan fingerprint density at radius 2 is 2.22 bits per heavy atom. The van der Waals surface area contributed by atoms with Crippen LogP contribution in [-0.2, 0) is 11.2 Å². The number of furan rings is 1. The molecule has 18 heavy (non-hydrogen) atoms. The van der Waals surface area contributed by atoms with Gasteiger partial charge in [0.1, 0.15) is 11.5 Å². The molecule has 1 amide bonds. The minimum Gasteiger partial charge on any atom is -0.456 e. The van der Waals surface area contributed by atoms with Crippen LogP contribution < -0.4 is 0 Å². The van der Waals surface area contributed by atoms with Crippen molar-refractivity contribution >= 4 is 11.7 Å². The molecule has 1 aliphatic heterocycles. The minimum absolute atomic E-state index is 0.0465. The molecule has 1 aliphatic rings. The number of rotatable bonds is 4. The quantitative estimate of drug-likeness (QED) is 0.823. The van der Waals surface area contributed by atoms with Crippen molar-refractivity contribution in [2.75, 3.05) is 6.54 Å². The molecule has 1 aromatic heterocycles. The monoisotopic (exact) mass is 249 g/mol. The molecule has 1 unspecified atom stereocenters. The Balaban J connectivity index is 2.09. The maximum absolute atomic E-state index is 12.3. The summed E-state index contributed by atoms with van der Waals surface area (Å²) in [5.41, 5.74) is 0. The third kappa shape index (κ3) is 2.63. The van der Waals surface area contributed by atoms with Gasteiger partial charge in [-0.2, -0.15) is 0 Å². The van der Waals surface area contributed by atoms with Gasteiger partial charge in [0.25, 0.3) is 5.91 Å². The lowest BCUT2D eigenvalue weighted by Gasteiger charge is -2.22. The second kappa shape index (κ2) is 5.38. The molecule has 1 fully saturated rings. The molecular formula is C14H19NO3. The van der Waals surface area contributed by atoms with Gasteiger partial charge in [-0.15, -0.1) is 0 Å². The van der Waals surface area contributed by atoms with Crippen LogP contribution in [0, 0.1) is 0 Å². The van der Waals surface area contributed by atoms with Crippen molar-refractivity contribution < 1.29 is 14.0 Å². The van der Waals surface area contributed by atoms with Gasteiger partial charge < -0.3 is 9.32 Å². The van der Waals surface area contributed by atoms with Crippen molar-refractivity contribution in [2.24, 2.45) is 0 Å². The molecule has 0 bridgehead atoms. The molecule has 98 valence electrons. The summed E-state index contributed by atoms with van der Waals surface area (Å²) < 4.78 is 5.48. The predicted molar refractivity (Wildman–Crippen MR) is 67.4 cm³/mol. The zero-order valence-corrected chi connectivity index (χ0v) is 10.9. The summed E-state index contributed by atoms with van der Waals surface area (Å²) in [4.78, 5) is 25.3. The van der Waals surface area contributed by atoms with Crippen LogP contribution in [-0.4, -0.2) is 29.2 Å². The first-order valence-corrected chi connectivity index (χ1v) is 6.51. The van der Waals surface area contributed by atoms with E-state index in [1.165, 1.54) is 0 Å². The van der Waals surface area contributed by atoms with E-state index in [9.17, 15) is 9.59 Å². The molecule has 2 rings (SSSR count). The number of ketones is 1. The van der Waals surface area contributed by atoms with Gasteiger partial charge >= 0.3 is 0 Å². The molecule has 1 atom stereocenters. The van der Waals surface area contributed by atoms with E-state index < -0.39 is 0 Å². The van der Waals surface area contributed by atoms with Gasteiger partial charge in [0.15, 0.2) is 5.76 Å². The Kier molecular flexibility index (Phi) is 3.84. The lowest BCUT2D eigenvalue weighted by atomic mass is 10.1. The highest BCUT2D eigenvalue weighted by Gasteiger charge is 2.31. The first kappa shape index (κ1) is 12.9. The predicted octanol–water partition coefficient (Wildman–Crippen LogP) is 2.43. The van der Waals surface area contributed by atoms with Gasteiger partial charge in [-0.3, -0.25) is 9.59 Å². The number of carbonyl (C=O) groups is 2. The third-order valence-corrected chi connectivity index (χ3v) is 3.38. The van der Waals surface area contributed by atoms with E-state index in [0.29, 0.717) is 12.2 Å². The molecular weight excluding hydrogens is 230 g/mol. The number of nitrogens with zero attached hydrogens (tertiary/aromatic N) is 1. The van der Waals surface area contributed by atoms with Crippen molar-refractivity contribution in [3.8, 4) is 0 Å². The molecule has 0 N–H and O–H groups in total. The van der Waals surface area contributed by atoms with Crippen LogP contribution in [0.3, 0.4) is 0 Å². The van der Waals surface area contributed by atoms with E-state index in [4.69, 9.17) is 4.42 Å².